The van der Waals surface area contributed by atoms with Crippen molar-refractivity contribution in [2.75, 3.05) is 11.1 Å². The van der Waals surface area contributed by atoms with Gasteiger partial charge in [-0.3, -0.25) is 4.98 Å². The summed E-state index contributed by atoms with van der Waals surface area (Å²) in [5.41, 5.74) is 8.24. The molecule has 2 aromatic heterocycles. The zero-order valence-electron chi connectivity index (χ0n) is 9.31. The van der Waals surface area contributed by atoms with Gasteiger partial charge in [0.05, 0.1) is 24.1 Å². The molecule has 0 atom stereocenters. The number of nitrogens with two attached hydrogens (primary N) is 1. The van der Waals surface area contributed by atoms with Crippen LogP contribution >= 0.6 is 11.6 Å². The summed E-state index contributed by atoms with van der Waals surface area (Å²) >= 11 is 5.70. The number of rotatable bonds is 3. The molecule has 2 aromatic rings. The normalized spacial score (nSPS) is 10.2. The molecule has 17 heavy (non-hydrogen) atoms. The van der Waals surface area contributed by atoms with Crippen LogP contribution in [-0.4, -0.2) is 15.0 Å². The summed E-state index contributed by atoms with van der Waals surface area (Å²) in [5, 5.41) is 3.25. The van der Waals surface area contributed by atoms with E-state index in [2.05, 4.69) is 20.3 Å². The smallest absolute Gasteiger partial charge is 0.224 e. The minimum atomic E-state index is 0.166. The molecule has 2 heterocycles. The van der Waals surface area contributed by atoms with Crippen LogP contribution in [0.1, 0.15) is 11.3 Å². The molecule has 0 radical (unpaired) electrons. The Kier molecular flexibility index (Phi) is 3.39. The quantitative estimate of drug-likeness (QED) is 0.814. The van der Waals surface area contributed by atoms with Gasteiger partial charge in [-0.05, 0) is 30.2 Å². The van der Waals surface area contributed by atoms with Crippen molar-refractivity contribution in [3.05, 3.63) is 41.1 Å². The summed E-state index contributed by atoms with van der Waals surface area (Å²) in [6.07, 6.45) is 3.23. The van der Waals surface area contributed by atoms with Crippen LogP contribution in [0.3, 0.4) is 0 Å². The lowest BCUT2D eigenvalue weighted by molar-refractivity contribution is 1.00. The number of aromatic nitrogens is 3. The molecule has 0 spiro atoms. The van der Waals surface area contributed by atoms with Gasteiger partial charge in [-0.25, -0.2) is 4.98 Å². The van der Waals surface area contributed by atoms with E-state index in [1.54, 1.807) is 6.20 Å². The Morgan fingerprint density at radius 3 is 3.00 bits per heavy atom. The third kappa shape index (κ3) is 2.82. The average Bonchev–Trinajstić information content (AvgIpc) is 2.32. The van der Waals surface area contributed by atoms with Crippen LogP contribution in [0.2, 0.25) is 5.28 Å². The van der Waals surface area contributed by atoms with Crippen LogP contribution in [0, 0.1) is 6.92 Å². The average molecular weight is 250 g/mol. The molecular weight excluding hydrogens is 238 g/mol. The number of nitrogens with one attached hydrogen (secondary N) is 1. The summed E-state index contributed by atoms with van der Waals surface area (Å²) in [7, 11) is 0. The maximum absolute atomic E-state index is 5.73. The Morgan fingerprint density at radius 1 is 1.41 bits per heavy atom. The topological polar surface area (TPSA) is 76.7 Å². The molecule has 3 N–H and O–H groups in total. The molecule has 0 aromatic carbocycles. The predicted octanol–water partition coefficient (Wildman–Crippen LogP) is 2.03. The lowest BCUT2D eigenvalue weighted by atomic mass is 10.2. The SMILES string of the molecule is Cc1cccnc1CNc1nc(Cl)ncc1N. The molecule has 0 aliphatic rings. The first-order valence-electron chi connectivity index (χ1n) is 5.09. The Balaban J connectivity index is 2.12. The number of hydrogen-bond donors (Lipinski definition) is 2. The highest BCUT2D eigenvalue weighted by Crippen LogP contribution is 2.16. The van der Waals surface area contributed by atoms with Gasteiger partial charge in [0.1, 0.15) is 0 Å². The van der Waals surface area contributed by atoms with Gasteiger partial charge in [0.2, 0.25) is 5.28 Å². The molecule has 0 aliphatic carbocycles. The number of anilines is 2. The first-order valence-corrected chi connectivity index (χ1v) is 5.47. The second-order valence-electron chi connectivity index (χ2n) is 3.56. The van der Waals surface area contributed by atoms with Crippen LogP contribution in [0.4, 0.5) is 11.5 Å². The van der Waals surface area contributed by atoms with Crippen LogP contribution in [0.5, 0.6) is 0 Å². The molecular formula is C11H12ClN5. The van der Waals surface area contributed by atoms with Gasteiger partial charge >= 0.3 is 0 Å². The number of pyridine rings is 1. The Bertz CT molecular complexity index is 529. The molecule has 6 heteroatoms. The highest BCUT2D eigenvalue weighted by atomic mass is 35.5. The van der Waals surface area contributed by atoms with E-state index in [1.807, 2.05) is 19.1 Å². The predicted molar refractivity (Wildman–Crippen MR) is 67.8 cm³/mol. The van der Waals surface area contributed by atoms with E-state index in [-0.39, 0.29) is 5.28 Å². The Hall–Kier alpha value is -1.88. The van der Waals surface area contributed by atoms with Crippen molar-refractivity contribution in [3.8, 4) is 0 Å². The summed E-state index contributed by atoms with van der Waals surface area (Å²) in [6, 6.07) is 3.90. The van der Waals surface area contributed by atoms with Gasteiger partial charge in [0, 0.05) is 6.20 Å². The van der Waals surface area contributed by atoms with Gasteiger partial charge < -0.3 is 11.1 Å². The van der Waals surface area contributed by atoms with Gasteiger partial charge in [-0.15, -0.1) is 0 Å². The van der Waals surface area contributed by atoms with Crippen LogP contribution in [0.15, 0.2) is 24.5 Å². The molecule has 0 unspecified atom stereocenters. The minimum absolute atomic E-state index is 0.166. The highest BCUT2D eigenvalue weighted by molar-refractivity contribution is 6.28. The van der Waals surface area contributed by atoms with Gasteiger partial charge in [0.15, 0.2) is 5.82 Å². The molecule has 0 saturated heterocycles. The highest BCUT2D eigenvalue weighted by Gasteiger charge is 2.04. The number of hydrogen-bond acceptors (Lipinski definition) is 5. The fraction of sp³-hybridized carbons (Fsp3) is 0.182. The standard InChI is InChI=1S/C11H12ClN5/c1-7-3-2-4-14-9(7)6-15-10-8(13)5-16-11(12)17-10/h2-5H,6,13H2,1H3,(H,15,16,17). The van der Waals surface area contributed by atoms with Crippen LogP contribution < -0.4 is 11.1 Å². The lowest BCUT2D eigenvalue weighted by Gasteiger charge is -2.09. The second-order valence-corrected chi connectivity index (χ2v) is 3.90. The van der Waals surface area contributed by atoms with Crippen molar-refractivity contribution >= 4 is 23.1 Å². The first-order chi connectivity index (χ1) is 8.16. The molecule has 0 fully saturated rings. The van der Waals surface area contributed by atoms with Crippen molar-refractivity contribution in [3.63, 3.8) is 0 Å². The van der Waals surface area contributed by atoms with E-state index in [1.165, 1.54) is 6.20 Å². The number of nitrogen functional groups attached to an aromatic ring is 1. The number of halogens is 1. The second kappa shape index (κ2) is 4.97. The third-order valence-corrected chi connectivity index (χ3v) is 2.51. The summed E-state index contributed by atoms with van der Waals surface area (Å²) in [4.78, 5) is 12.1. The van der Waals surface area contributed by atoms with E-state index in [0.29, 0.717) is 18.1 Å². The molecule has 0 aliphatic heterocycles. The minimum Gasteiger partial charge on any atom is -0.394 e. The number of aryl methyl sites for hydroxylation is 1. The van der Waals surface area contributed by atoms with E-state index in [4.69, 9.17) is 17.3 Å². The van der Waals surface area contributed by atoms with Crippen molar-refractivity contribution in [2.24, 2.45) is 0 Å². The maximum atomic E-state index is 5.73. The first kappa shape index (κ1) is 11.6. The Labute approximate surface area is 104 Å². The number of nitrogens with zero attached hydrogens (tertiary/aromatic N) is 3. The van der Waals surface area contributed by atoms with E-state index in [0.717, 1.165) is 11.3 Å². The van der Waals surface area contributed by atoms with E-state index >= 15 is 0 Å². The summed E-state index contributed by atoms with van der Waals surface area (Å²) < 4.78 is 0. The Morgan fingerprint density at radius 2 is 2.24 bits per heavy atom. The van der Waals surface area contributed by atoms with Gasteiger partial charge in [0.25, 0.3) is 0 Å². The van der Waals surface area contributed by atoms with E-state index < -0.39 is 0 Å². The van der Waals surface area contributed by atoms with Gasteiger partial charge in [-0.2, -0.15) is 4.98 Å². The molecule has 5 nitrogen and oxygen atoms in total. The van der Waals surface area contributed by atoms with Crippen molar-refractivity contribution in [1.82, 2.24) is 15.0 Å². The van der Waals surface area contributed by atoms with E-state index in [9.17, 15) is 0 Å². The van der Waals surface area contributed by atoms with Crippen LogP contribution in [0.25, 0.3) is 0 Å². The van der Waals surface area contributed by atoms with Gasteiger partial charge in [-0.1, -0.05) is 6.07 Å². The molecule has 0 bridgehead atoms. The summed E-state index contributed by atoms with van der Waals surface area (Å²) in [6.45, 7) is 2.55. The zero-order valence-corrected chi connectivity index (χ0v) is 10.1. The molecule has 88 valence electrons. The lowest BCUT2D eigenvalue weighted by Crippen LogP contribution is -2.07. The fourth-order valence-electron chi connectivity index (χ4n) is 1.38. The summed E-state index contributed by atoms with van der Waals surface area (Å²) in [5.74, 6) is 0.523. The van der Waals surface area contributed by atoms with Crippen LogP contribution in [-0.2, 0) is 6.54 Å². The molecule has 0 saturated carbocycles. The van der Waals surface area contributed by atoms with Crippen molar-refractivity contribution in [1.29, 1.82) is 0 Å². The molecule has 2 rings (SSSR count). The molecule has 0 amide bonds. The maximum Gasteiger partial charge on any atom is 0.224 e. The monoisotopic (exact) mass is 249 g/mol. The zero-order chi connectivity index (χ0) is 12.3. The third-order valence-electron chi connectivity index (χ3n) is 2.33. The van der Waals surface area contributed by atoms with Crippen molar-refractivity contribution in [2.45, 2.75) is 13.5 Å². The fourth-order valence-corrected chi connectivity index (χ4v) is 1.52. The largest absolute Gasteiger partial charge is 0.394 e. The van der Waals surface area contributed by atoms with Crippen molar-refractivity contribution < 1.29 is 0 Å².